The van der Waals surface area contributed by atoms with Gasteiger partial charge in [-0.1, -0.05) is 32.1 Å². The Morgan fingerprint density at radius 2 is 1.51 bits per heavy atom. The van der Waals surface area contributed by atoms with Crippen molar-refractivity contribution < 1.29 is 39.6 Å². The summed E-state index contributed by atoms with van der Waals surface area (Å²) in [6.45, 7) is 2.73. The van der Waals surface area contributed by atoms with Crippen LogP contribution in [0.15, 0.2) is 0 Å². The number of carbonyl (C=O) groups excluding carboxylic acids is 2. The Bertz CT molecular complexity index is 962. The number of carboxylic acids is 2. The number of amides is 3. The Morgan fingerprint density at radius 3 is 2.00 bits per heavy atom. The second-order valence-electron chi connectivity index (χ2n) is 12.3. The first-order chi connectivity index (χ1) is 19.4. The highest BCUT2D eigenvalue weighted by atomic mass is 16.4. The summed E-state index contributed by atoms with van der Waals surface area (Å²) in [5.41, 5.74) is 0.00210. The Kier molecular flexibility index (Phi) is 11.3. The summed E-state index contributed by atoms with van der Waals surface area (Å²) in [5.74, 6) is -1.67. The number of hydrogen-bond donors (Lipinski definition) is 5. The molecule has 41 heavy (non-hydrogen) atoms. The molecule has 0 aromatic heterocycles. The molecule has 5 N–H and O–H groups in total. The summed E-state index contributed by atoms with van der Waals surface area (Å²) in [4.78, 5) is 50.4. The van der Waals surface area contributed by atoms with Gasteiger partial charge in [0.2, 0.25) is 5.91 Å². The van der Waals surface area contributed by atoms with E-state index in [-0.39, 0.29) is 23.5 Å². The van der Waals surface area contributed by atoms with Gasteiger partial charge in [-0.2, -0.15) is 5.26 Å². The molecular formula is C28H45N5O8. The Labute approximate surface area is 241 Å². The molecule has 0 aromatic rings. The van der Waals surface area contributed by atoms with Crippen LogP contribution in [0, 0.1) is 29.1 Å². The first-order valence-corrected chi connectivity index (χ1v) is 14.6. The van der Waals surface area contributed by atoms with Gasteiger partial charge >= 0.3 is 18.0 Å². The van der Waals surface area contributed by atoms with E-state index >= 15 is 0 Å². The minimum atomic E-state index is -2.27. The average molecular weight is 580 g/mol. The van der Waals surface area contributed by atoms with Gasteiger partial charge in [-0.25, -0.2) is 14.4 Å². The number of carboxylic acid groups (broad SMARTS) is 2. The van der Waals surface area contributed by atoms with Crippen molar-refractivity contribution in [3.8, 4) is 6.07 Å². The van der Waals surface area contributed by atoms with E-state index in [9.17, 15) is 24.4 Å². The molecule has 13 heteroatoms. The lowest BCUT2D eigenvalue weighted by atomic mass is 9.77. The monoisotopic (exact) mass is 579 g/mol. The number of urea groups is 1. The highest BCUT2D eigenvalue weighted by Crippen LogP contribution is 2.48. The number of aliphatic carboxylic acids is 2. The Hall–Kier alpha value is -2.95. The maximum absolute atomic E-state index is 12.9. The molecule has 2 aliphatic carbocycles. The number of carbonyl (C=O) groups is 4. The summed E-state index contributed by atoms with van der Waals surface area (Å²) in [6.07, 6.45) is 7.08. The molecule has 2 aliphatic heterocycles. The summed E-state index contributed by atoms with van der Waals surface area (Å²) >= 11 is 0. The van der Waals surface area contributed by atoms with Crippen LogP contribution in [0.3, 0.4) is 0 Å². The maximum Gasteiger partial charge on any atom is 0.335 e. The van der Waals surface area contributed by atoms with Gasteiger partial charge in [-0.05, 0) is 49.9 Å². The van der Waals surface area contributed by atoms with Crippen LogP contribution in [-0.4, -0.2) is 123 Å². The molecule has 4 unspecified atom stereocenters. The second-order valence-corrected chi connectivity index (χ2v) is 12.3. The molecule has 0 radical (unpaired) electrons. The fourth-order valence-electron chi connectivity index (χ4n) is 7.09. The highest BCUT2D eigenvalue weighted by molar-refractivity contribution is 5.83. The van der Waals surface area contributed by atoms with E-state index in [0.717, 1.165) is 51.1 Å². The van der Waals surface area contributed by atoms with Crippen molar-refractivity contribution in [1.82, 2.24) is 20.0 Å². The molecule has 0 bridgehead atoms. The lowest BCUT2D eigenvalue weighted by Crippen LogP contribution is -2.51. The zero-order valence-corrected chi connectivity index (χ0v) is 24.1. The number of nitrogens with zero attached hydrogens (tertiary/aromatic N) is 4. The number of aliphatic hydroxyl groups is 2. The molecule has 0 aromatic carbocycles. The van der Waals surface area contributed by atoms with Gasteiger partial charge in [-0.15, -0.1) is 0 Å². The summed E-state index contributed by atoms with van der Waals surface area (Å²) in [5, 5.41) is 45.6. The summed E-state index contributed by atoms with van der Waals surface area (Å²) in [7, 11) is 3.65. The highest BCUT2D eigenvalue weighted by Gasteiger charge is 2.50. The van der Waals surface area contributed by atoms with Crippen molar-refractivity contribution in [2.24, 2.45) is 17.8 Å². The van der Waals surface area contributed by atoms with Gasteiger partial charge in [0.25, 0.3) is 0 Å². The number of hydrogen-bond acceptors (Lipinski definition) is 8. The van der Waals surface area contributed by atoms with Crippen molar-refractivity contribution in [3.63, 3.8) is 0 Å². The quantitative estimate of drug-likeness (QED) is 0.273. The van der Waals surface area contributed by atoms with Gasteiger partial charge in [0, 0.05) is 39.3 Å². The summed E-state index contributed by atoms with van der Waals surface area (Å²) < 4.78 is 0. The lowest BCUT2D eigenvalue weighted by Gasteiger charge is -2.38. The van der Waals surface area contributed by atoms with Crippen LogP contribution in [0.4, 0.5) is 4.79 Å². The fraction of sp³-hybridized carbons (Fsp3) is 0.821. The van der Waals surface area contributed by atoms with Crippen LogP contribution in [0.1, 0.15) is 64.2 Å². The van der Waals surface area contributed by atoms with Crippen LogP contribution in [0.25, 0.3) is 0 Å². The molecule has 2 saturated heterocycles. The van der Waals surface area contributed by atoms with Gasteiger partial charge < -0.3 is 40.4 Å². The molecule has 4 rings (SSSR count). The number of nitrogens with one attached hydrogen (secondary N) is 1. The normalized spacial score (nSPS) is 29.1. The topological polar surface area (TPSA) is 195 Å². The van der Waals surface area contributed by atoms with E-state index in [2.05, 4.69) is 11.4 Å². The molecule has 3 amide bonds. The second kappa shape index (κ2) is 14.3. The predicted octanol–water partition coefficient (Wildman–Crippen LogP) is 0.701. The van der Waals surface area contributed by atoms with E-state index in [0.29, 0.717) is 24.9 Å². The minimum absolute atomic E-state index is 0.00210. The van der Waals surface area contributed by atoms with Crippen LogP contribution in [-0.2, 0) is 14.4 Å². The number of aliphatic hydroxyl groups excluding tert-OH is 2. The van der Waals surface area contributed by atoms with Crippen LogP contribution >= 0.6 is 0 Å². The van der Waals surface area contributed by atoms with Crippen molar-refractivity contribution in [1.29, 1.82) is 5.26 Å². The summed E-state index contributed by atoms with van der Waals surface area (Å²) in [6, 6.07) is 2.16. The van der Waals surface area contributed by atoms with E-state index in [4.69, 9.17) is 20.4 Å². The van der Waals surface area contributed by atoms with Crippen molar-refractivity contribution in [2.45, 2.75) is 88.0 Å². The first-order valence-electron chi connectivity index (χ1n) is 14.6. The van der Waals surface area contributed by atoms with Crippen molar-refractivity contribution >= 4 is 23.9 Å². The van der Waals surface area contributed by atoms with Crippen LogP contribution in [0.2, 0.25) is 0 Å². The Morgan fingerprint density at radius 1 is 0.951 bits per heavy atom. The minimum Gasteiger partial charge on any atom is -0.479 e. The molecule has 4 aliphatic rings. The average Bonchev–Trinajstić information content (AvgIpc) is 3.65. The fourth-order valence-corrected chi connectivity index (χ4v) is 7.09. The molecule has 0 spiro atoms. The molecule has 4 fully saturated rings. The smallest absolute Gasteiger partial charge is 0.335 e. The van der Waals surface area contributed by atoms with E-state index in [1.807, 2.05) is 19.0 Å². The number of likely N-dealkylation sites (tertiary alicyclic amines) is 2. The van der Waals surface area contributed by atoms with Gasteiger partial charge in [0.15, 0.2) is 12.2 Å². The number of rotatable bonds is 8. The maximum atomic E-state index is 12.9. The zero-order valence-electron chi connectivity index (χ0n) is 24.1. The molecule has 230 valence electrons. The molecular weight excluding hydrogens is 534 g/mol. The molecule has 5 atom stereocenters. The van der Waals surface area contributed by atoms with Crippen molar-refractivity contribution in [3.05, 3.63) is 0 Å². The number of fused-ring (bicyclic) bond motifs is 1. The van der Waals surface area contributed by atoms with Crippen molar-refractivity contribution in [2.75, 3.05) is 40.3 Å². The lowest BCUT2D eigenvalue weighted by molar-refractivity contribution is -0.165. The largest absolute Gasteiger partial charge is 0.479 e. The van der Waals surface area contributed by atoms with Gasteiger partial charge in [0.05, 0.1) is 12.6 Å². The third-order valence-electron chi connectivity index (χ3n) is 9.08. The van der Waals surface area contributed by atoms with Crippen LogP contribution < -0.4 is 5.32 Å². The van der Waals surface area contributed by atoms with E-state index in [1.165, 1.54) is 32.1 Å². The Balaban J connectivity index is 0.000000397. The van der Waals surface area contributed by atoms with E-state index < -0.39 is 24.1 Å². The number of nitriles is 1. The SMILES string of the molecule is CN(C)C(=O)N1CC2CC(CC3CCCCC3)(NCC(=O)N3CCC[C@H]3C#N)CC2C1.O=C(O)C(O)C(O)C(=O)O. The molecule has 2 saturated carbocycles. The third-order valence-corrected chi connectivity index (χ3v) is 9.08. The first kappa shape index (κ1) is 32.6. The standard InChI is InChI=1S/C24H39N5O2.C4H6O6/c1-27(2)23(31)28-16-19-12-24(13-20(19)17-28,11-18-7-4-3-5-8-18)26-15-22(30)29-10-6-9-21(29)14-25;5-1(3(7)8)2(6)4(9)10/h18-21,26H,3-13,15-17H2,1-2H3;1-2,5-6H,(H,7,8)(H,9,10)/t19?,20?,21-,24?;/m0./s1. The zero-order chi connectivity index (χ0) is 30.3. The molecule has 13 nitrogen and oxygen atoms in total. The van der Waals surface area contributed by atoms with Crippen LogP contribution in [0.5, 0.6) is 0 Å². The van der Waals surface area contributed by atoms with E-state index in [1.54, 1.807) is 9.80 Å². The van der Waals surface area contributed by atoms with Gasteiger partial charge in [-0.3, -0.25) is 4.79 Å². The third kappa shape index (κ3) is 8.30. The predicted molar refractivity (Wildman–Crippen MR) is 146 cm³/mol. The molecule has 2 heterocycles. The van der Waals surface area contributed by atoms with Gasteiger partial charge in [0.1, 0.15) is 6.04 Å².